The quantitative estimate of drug-likeness (QED) is 0.589. The highest BCUT2D eigenvalue weighted by Gasteiger charge is 2.72. The smallest absolute Gasteiger partial charge is 0.147 e. The van der Waals surface area contributed by atoms with Gasteiger partial charge in [0, 0.05) is 7.11 Å². The van der Waals surface area contributed by atoms with E-state index in [1.807, 2.05) is 0 Å². The minimum atomic E-state index is -1.41. The van der Waals surface area contributed by atoms with Crippen LogP contribution in [0.4, 0.5) is 0 Å². The Morgan fingerprint density at radius 2 is 1.85 bits per heavy atom. The summed E-state index contributed by atoms with van der Waals surface area (Å²) in [5.74, 6) is 0. The van der Waals surface area contributed by atoms with E-state index in [0.29, 0.717) is 12.2 Å². The predicted molar refractivity (Wildman–Crippen MR) is 85.0 cm³/mol. The second kappa shape index (κ2) is 4.69. The maximum atomic E-state index is 6.08. The van der Waals surface area contributed by atoms with Gasteiger partial charge in [-0.25, -0.2) is 0 Å². The maximum absolute atomic E-state index is 6.08. The van der Waals surface area contributed by atoms with Gasteiger partial charge in [-0.2, -0.15) is 0 Å². The largest absolute Gasteiger partial charge is 0.359 e. The van der Waals surface area contributed by atoms with Crippen LogP contribution in [0.1, 0.15) is 26.2 Å². The first-order chi connectivity index (χ1) is 9.46. The lowest BCUT2D eigenvalue weighted by Crippen LogP contribution is -2.45. The number of hydrogen-bond acceptors (Lipinski definition) is 2. The summed E-state index contributed by atoms with van der Waals surface area (Å²) in [6.07, 6.45) is 3.75. The number of hydrogen-bond donors (Lipinski definition) is 0. The van der Waals surface area contributed by atoms with E-state index in [9.17, 15) is 0 Å². The average Bonchev–Trinajstić information content (AvgIpc) is 3.34. The first-order valence-corrected chi connectivity index (χ1v) is 10.7. The third-order valence-corrected chi connectivity index (χ3v) is 10.2. The van der Waals surface area contributed by atoms with Crippen LogP contribution in [-0.2, 0) is 9.47 Å². The lowest BCUT2D eigenvalue weighted by atomic mass is 9.99. The summed E-state index contributed by atoms with van der Waals surface area (Å²) in [5, 5.41) is 1.58. The van der Waals surface area contributed by atoms with Crippen molar-refractivity contribution in [3.05, 3.63) is 30.3 Å². The molecule has 2 aliphatic rings. The second-order valence-electron chi connectivity index (χ2n) is 7.31. The molecule has 20 heavy (non-hydrogen) atoms. The van der Waals surface area contributed by atoms with Gasteiger partial charge in [0.2, 0.25) is 0 Å². The molecule has 0 radical (unpaired) electrons. The van der Waals surface area contributed by atoms with Crippen LogP contribution in [0.15, 0.2) is 30.3 Å². The van der Waals surface area contributed by atoms with Gasteiger partial charge >= 0.3 is 0 Å². The van der Waals surface area contributed by atoms with Gasteiger partial charge in [0.15, 0.2) is 0 Å². The Kier molecular flexibility index (Phi) is 3.35. The van der Waals surface area contributed by atoms with E-state index in [2.05, 4.69) is 50.3 Å². The first kappa shape index (κ1) is 14.3. The molecule has 0 aromatic heterocycles. The molecule has 2 saturated carbocycles. The molecule has 2 nitrogen and oxygen atoms in total. The van der Waals surface area contributed by atoms with Gasteiger partial charge in [-0.05, 0) is 30.2 Å². The number of ether oxygens (including phenoxy) is 2. The molecule has 0 amide bonds. The van der Waals surface area contributed by atoms with Gasteiger partial charge in [-0.3, -0.25) is 0 Å². The lowest BCUT2D eigenvalue weighted by molar-refractivity contribution is -0.109. The van der Waals surface area contributed by atoms with Crippen molar-refractivity contribution in [2.45, 2.75) is 50.4 Å². The van der Waals surface area contributed by atoms with Crippen LogP contribution in [0.3, 0.4) is 0 Å². The van der Waals surface area contributed by atoms with Gasteiger partial charge in [0.25, 0.3) is 0 Å². The van der Waals surface area contributed by atoms with Crippen molar-refractivity contribution in [3.63, 3.8) is 0 Å². The molecule has 3 heteroatoms. The molecule has 2 fully saturated rings. The normalized spacial score (nSPS) is 31.1. The molecule has 3 rings (SSSR count). The Labute approximate surface area is 123 Å². The molecule has 0 aliphatic heterocycles. The van der Waals surface area contributed by atoms with E-state index >= 15 is 0 Å². The Hall–Kier alpha value is -0.643. The van der Waals surface area contributed by atoms with Crippen LogP contribution in [0, 0.1) is 5.41 Å². The SMILES string of the molecule is COCOC1([C@@]2(C)C[C@@H]2[Si](C)(C)c2ccccc2)CC1. The van der Waals surface area contributed by atoms with Gasteiger partial charge < -0.3 is 9.47 Å². The highest BCUT2D eigenvalue weighted by atomic mass is 28.3. The fraction of sp³-hybridized carbons (Fsp3) is 0.647. The number of benzene rings is 1. The molecule has 0 heterocycles. The highest BCUT2D eigenvalue weighted by molar-refractivity contribution is 6.91. The van der Waals surface area contributed by atoms with Crippen molar-refractivity contribution in [2.24, 2.45) is 5.41 Å². The molecular weight excluding hydrogens is 264 g/mol. The van der Waals surface area contributed by atoms with Crippen LogP contribution < -0.4 is 5.19 Å². The summed E-state index contributed by atoms with van der Waals surface area (Å²) in [6.45, 7) is 7.92. The zero-order chi connectivity index (χ0) is 14.4. The molecular formula is C17H26O2Si. The van der Waals surface area contributed by atoms with Crippen molar-refractivity contribution < 1.29 is 9.47 Å². The zero-order valence-electron chi connectivity index (χ0n) is 13.1. The summed E-state index contributed by atoms with van der Waals surface area (Å²) in [5.41, 5.74) is 1.32. The molecule has 1 aromatic carbocycles. The van der Waals surface area contributed by atoms with Gasteiger partial charge in [0.1, 0.15) is 6.79 Å². The van der Waals surface area contributed by atoms with Crippen molar-refractivity contribution in [2.75, 3.05) is 13.9 Å². The third-order valence-electron chi connectivity index (χ3n) is 5.82. The highest BCUT2D eigenvalue weighted by Crippen LogP contribution is 2.74. The maximum Gasteiger partial charge on any atom is 0.147 e. The molecule has 2 aliphatic carbocycles. The van der Waals surface area contributed by atoms with Crippen LogP contribution >= 0.6 is 0 Å². The van der Waals surface area contributed by atoms with E-state index in [-0.39, 0.29) is 5.60 Å². The van der Waals surface area contributed by atoms with Crippen molar-refractivity contribution in [1.82, 2.24) is 0 Å². The van der Waals surface area contributed by atoms with Crippen molar-refractivity contribution in [3.8, 4) is 0 Å². The Morgan fingerprint density at radius 3 is 2.40 bits per heavy atom. The van der Waals surface area contributed by atoms with Gasteiger partial charge in [-0.15, -0.1) is 0 Å². The average molecular weight is 290 g/mol. The Morgan fingerprint density at radius 1 is 1.20 bits per heavy atom. The predicted octanol–water partition coefficient (Wildman–Crippen LogP) is 3.54. The van der Waals surface area contributed by atoms with E-state index in [1.165, 1.54) is 19.3 Å². The van der Waals surface area contributed by atoms with Crippen LogP contribution in [0.25, 0.3) is 0 Å². The molecule has 110 valence electrons. The monoisotopic (exact) mass is 290 g/mol. The minimum Gasteiger partial charge on any atom is -0.359 e. The summed E-state index contributed by atoms with van der Waals surface area (Å²) >= 11 is 0. The first-order valence-electron chi connectivity index (χ1n) is 7.65. The minimum absolute atomic E-state index is 0.118. The summed E-state index contributed by atoms with van der Waals surface area (Å²) in [7, 11) is 0.303. The zero-order valence-corrected chi connectivity index (χ0v) is 14.1. The van der Waals surface area contributed by atoms with Crippen LogP contribution in [0.2, 0.25) is 18.6 Å². The number of rotatable bonds is 6. The molecule has 2 atom stereocenters. The summed E-state index contributed by atoms with van der Waals surface area (Å²) < 4.78 is 11.2. The molecule has 0 unspecified atom stereocenters. The van der Waals surface area contributed by atoms with Crippen LogP contribution in [0.5, 0.6) is 0 Å². The topological polar surface area (TPSA) is 18.5 Å². The van der Waals surface area contributed by atoms with Gasteiger partial charge in [0.05, 0.1) is 13.7 Å². The second-order valence-corrected chi connectivity index (χ2v) is 12.0. The summed E-state index contributed by atoms with van der Waals surface area (Å²) in [4.78, 5) is 0. The van der Waals surface area contributed by atoms with E-state index < -0.39 is 8.07 Å². The molecule has 0 spiro atoms. The van der Waals surface area contributed by atoms with E-state index in [0.717, 1.165) is 5.54 Å². The molecule has 0 N–H and O–H groups in total. The van der Waals surface area contributed by atoms with Gasteiger partial charge in [-0.1, -0.05) is 55.5 Å². The molecule has 0 saturated heterocycles. The Bertz CT molecular complexity index is 481. The van der Waals surface area contributed by atoms with E-state index in [1.54, 1.807) is 12.3 Å². The van der Waals surface area contributed by atoms with Crippen molar-refractivity contribution in [1.29, 1.82) is 0 Å². The summed E-state index contributed by atoms with van der Waals surface area (Å²) in [6, 6.07) is 11.1. The lowest BCUT2D eigenvalue weighted by Gasteiger charge is -2.31. The fourth-order valence-corrected chi connectivity index (χ4v) is 8.40. The third kappa shape index (κ3) is 2.07. The molecule has 1 aromatic rings. The Balaban J connectivity index is 1.78. The van der Waals surface area contributed by atoms with Crippen molar-refractivity contribution >= 4 is 13.3 Å². The molecule has 0 bridgehead atoms. The number of methoxy groups -OCH3 is 1. The fourth-order valence-electron chi connectivity index (χ4n) is 4.15. The standard InChI is InChI=1S/C17H26O2Si/c1-16(17(10-11-17)19-13-18-2)12-15(16)20(3,4)14-8-6-5-7-9-14/h5-9,15H,10-13H2,1-4H3/t15-,16-/m0/s1. The van der Waals surface area contributed by atoms with Crippen LogP contribution in [-0.4, -0.2) is 27.6 Å². The van der Waals surface area contributed by atoms with E-state index in [4.69, 9.17) is 9.47 Å².